The quantitative estimate of drug-likeness (QED) is 0.787. The van der Waals surface area contributed by atoms with Gasteiger partial charge in [-0.3, -0.25) is 4.79 Å². The van der Waals surface area contributed by atoms with E-state index in [1.165, 1.54) is 12.1 Å². The molecule has 1 aromatic rings. The van der Waals surface area contributed by atoms with Gasteiger partial charge in [-0.05, 0) is 50.0 Å². The minimum Gasteiger partial charge on any atom is -0.393 e. The zero-order chi connectivity index (χ0) is 15.1. The zero-order valence-electron chi connectivity index (χ0n) is 12.2. The molecule has 3 nitrogen and oxygen atoms in total. The predicted molar refractivity (Wildman–Crippen MR) is 78.5 cm³/mol. The van der Waals surface area contributed by atoms with Crippen molar-refractivity contribution in [3.63, 3.8) is 0 Å². The van der Waals surface area contributed by atoms with Crippen LogP contribution >= 0.6 is 0 Å². The first-order chi connectivity index (χ1) is 9.38. The number of aliphatic hydroxyl groups excluding tert-OH is 1. The Morgan fingerprint density at radius 3 is 2.50 bits per heavy atom. The molecule has 1 amide bonds. The summed E-state index contributed by atoms with van der Waals surface area (Å²) in [6.07, 6.45) is 2.01. The fourth-order valence-corrected chi connectivity index (χ4v) is 1.95. The topological polar surface area (TPSA) is 49.3 Å². The Morgan fingerprint density at radius 2 is 1.95 bits per heavy atom. The molecule has 110 valence electrons. The maximum Gasteiger partial charge on any atom is 0.246 e. The number of nitrogens with one attached hydrogen (secondary N) is 1. The molecule has 0 saturated carbocycles. The van der Waals surface area contributed by atoms with Gasteiger partial charge in [0, 0.05) is 12.1 Å². The molecular formula is C16H22FNO2. The molecular weight excluding hydrogens is 257 g/mol. The van der Waals surface area contributed by atoms with E-state index in [4.69, 9.17) is 0 Å². The molecule has 0 aliphatic rings. The number of carbonyl (C=O) groups excluding carboxylic acids is 1. The van der Waals surface area contributed by atoms with Gasteiger partial charge >= 0.3 is 0 Å². The first kappa shape index (κ1) is 16.4. The standard InChI is InChI=1S/C16H22FNO2/c1-11(8-13(3)19)10-18-16(20)12(2)9-14-4-6-15(17)7-5-14/h4-7,9,11,13,19H,8,10H2,1-3H3,(H,18,20). The van der Waals surface area contributed by atoms with Crippen molar-refractivity contribution in [3.8, 4) is 0 Å². The van der Waals surface area contributed by atoms with Gasteiger partial charge < -0.3 is 10.4 Å². The van der Waals surface area contributed by atoms with Gasteiger partial charge in [0.15, 0.2) is 0 Å². The molecule has 0 aliphatic carbocycles. The molecule has 0 heterocycles. The Kier molecular flexibility index (Phi) is 6.39. The monoisotopic (exact) mass is 279 g/mol. The molecule has 4 heteroatoms. The second-order valence-electron chi connectivity index (χ2n) is 5.28. The maximum absolute atomic E-state index is 12.8. The number of rotatable bonds is 6. The highest BCUT2D eigenvalue weighted by Crippen LogP contribution is 2.09. The lowest BCUT2D eigenvalue weighted by molar-refractivity contribution is -0.117. The van der Waals surface area contributed by atoms with Crippen molar-refractivity contribution in [2.24, 2.45) is 5.92 Å². The second-order valence-corrected chi connectivity index (χ2v) is 5.28. The molecule has 0 saturated heterocycles. The Hall–Kier alpha value is -1.68. The van der Waals surface area contributed by atoms with Gasteiger partial charge in [0.2, 0.25) is 5.91 Å². The lowest BCUT2D eigenvalue weighted by Gasteiger charge is -2.14. The van der Waals surface area contributed by atoms with Crippen LogP contribution in [0.1, 0.15) is 32.8 Å². The number of aliphatic hydroxyl groups is 1. The number of halogens is 1. The molecule has 0 aromatic heterocycles. The minimum absolute atomic E-state index is 0.147. The number of hydrogen-bond acceptors (Lipinski definition) is 2. The van der Waals surface area contributed by atoms with E-state index in [2.05, 4.69) is 5.32 Å². The van der Waals surface area contributed by atoms with Crippen LogP contribution in [0.3, 0.4) is 0 Å². The largest absolute Gasteiger partial charge is 0.393 e. The second kappa shape index (κ2) is 7.80. The van der Waals surface area contributed by atoms with Crippen LogP contribution in [0.4, 0.5) is 4.39 Å². The minimum atomic E-state index is -0.363. The summed E-state index contributed by atoms with van der Waals surface area (Å²) in [6.45, 7) is 5.96. The molecule has 1 rings (SSSR count). The van der Waals surface area contributed by atoms with Crippen molar-refractivity contribution >= 4 is 12.0 Å². The van der Waals surface area contributed by atoms with Crippen molar-refractivity contribution in [2.75, 3.05) is 6.54 Å². The van der Waals surface area contributed by atoms with E-state index >= 15 is 0 Å². The first-order valence-electron chi connectivity index (χ1n) is 6.78. The van der Waals surface area contributed by atoms with E-state index in [0.717, 1.165) is 5.56 Å². The lowest BCUT2D eigenvalue weighted by atomic mass is 10.0. The van der Waals surface area contributed by atoms with E-state index in [-0.39, 0.29) is 23.7 Å². The third-order valence-corrected chi connectivity index (χ3v) is 2.97. The van der Waals surface area contributed by atoms with Gasteiger partial charge in [-0.2, -0.15) is 0 Å². The van der Waals surface area contributed by atoms with Crippen molar-refractivity contribution in [3.05, 3.63) is 41.2 Å². The fraction of sp³-hybridized carbons (Fsp3) is 0.438. The molecule has 0 aliphatic heterocycles. The Bertz CT molecular complexity index is 466. The average molecular weight is 279 g/mol. The Morgan fingerprint density at radius 1 is 1.35 bits per heavy atom. The van der Waals surface area contributed by atoms with Crippen LogP contribution < -0.4 is 5.32 Å². The summed E-state index contributed by atoms with van der Waals surface area (Å²) in [5, 5.41) is 12.1. The third-order valence-electron chi connectivity index (χ3n) is 2.97. The van der Waals surface area contributed by atoms with Crippen LogP contribution in [0.5, 0.6) is 0 Å². The molecule has 2 atom stereocenters. The van der Waals surface area contributed by atoms with Gasteiger partial charge in [0.05, 0.1) is 6.10 Å². The summed E-state index contributed by atoms with van der Waals surface area (Å²) in [7, 11) is 0. The van der Waals surface area contributed by atoms with E-state index in [1.807, 2.05) is 6.92 Å². The molecule has 0 fully saturated rings. The van der Waals surface area contributed by atoms with Crippen molar-refractivity contribution in [2.45, 2.75) is 33.3 Å². The summed E-state index contributed by atoms with van der Waals surface area (Å²) in [6, 6.07) is 5.98. The van der Waals surface area contributed by atoms with Crippen molar-refractivity contribution in [1.82, 2.24) is 5.32 Å². The molecule has 0 spiro atoms. The molecule has 1 aromatic carbocycles. The summed E-state index contributed by atoms with van der Waals surface area (Å²) >= 11 is 0. The van der Waals surface area contributed by atoms with Crippen LogP contribution in [0, 0.1) is 11.7 Å². The molecule has 20 heavy (non-hydrogen) atoms. The highest BCUT2D eigenvalue weighted by atomic mass is 19.1. The van der Waals surface area contributed by atoms with Crippen LogP contribution in [-0.2, 0) is 4.79 Å². The van der Waals surface area contributed by atoms with Crippen molar-refractivity contribution < 1.29 is 14.3 Å². The third kappa shape index (κ3) is 5.97. The van der Waals surface area contributed by atoms with Gasteiger partial charge in [-0.15, -0.1) is 0 Å². The summed E-state index contributed by atoms with van der Waals surface area (Å²) in [4.78, 5) is 11.9. The van der Waals surface area contributed by atoms with Gasteiger partial charge in [-0.25, -0.2) is 4.39 Å². The summed E-state index contributed by atoms with van der Waals surface area (Å²) < 4.78 is 12.8. The van der Waals surface area contributed by atoms with Gasteiger partial charge in [0.25, 0.3) is 0 Å². The van der Waals surface area contributed by atoms with Crippen LogP contribution in [-0.4, -0.2) is 23.7 Å². The Balaban J connectivity index is 2.52. The molecule has 0 radical (unpaired) electrons. The highest BCUT2D eigenvalue weighted by Gasteiger charge is 2.09. The number of hydrogen-bond donors (Lipinski definition) is 2. The first-order valence-corrected chi connectivity index (χ1v) is 6.78. The van der Waals surface area contributed by atoms with Crippen LogP contribution in [0.2, 0.25) is 0 Å². The lowest BCUT2D eigenvalue weighted by Crippen LogP contribution is -2.29. The van der Waals surface area contributed by atoms with E-state index in [0.29, 0.717) is 18.5 Å². The average Bonchev–Trinajstić information content (AvgIpc) is 2.37. The summed E-state index contributed by atoms with van der Waals surface area (Å²) in [5.74, 6) is -0.222. The Labute approximate surface area is 119 Å². The van der Waals surface area contributed by atoms with Crippen LogP contribution in [0.25, 0.3) is 6.08 Å². The molecule has 2 N–H and O–H groups in total. The van der Waals surface area contributed by atoms with Gasteiger partial charge in [-0.1, -0.05) is 19.1 Å². The van der Waals surface area contributed by atoms with Gasteiger partial charge in [0.1, 0.15) is 5.82 Å². The smallest absolute Gasteiger partial charge is 0.246 e. The van der Waals surface area contributed by atoms with Crippen LogP contribution in [0.15, 0.2) is 29.8 Å². The maximum atomic E-state index is 12.8. The number of carbonyl (C=O) groups is 1. The SMILES string of the molecule is CC(=Cc1ccc(F)cc1)C(=O)NCC(C)CC(C)O. The number of amides is 1. The normalized spacial score (nSPS) is 14.8. The summed E-state index contributed by atoms with van der Waals surface area (Å²) in [5.41, 5.74) is 1.36. The van der Waals surface area contributed by atoms with E-state index < -0.39 is 0 Å². The van der Waals surface area contributed by atoms with E-state index in [9.17, 15) is 14.3 Å². The molecule has 0 bridgehead atoms. The van der Waals surface area contributed by atoms with Crippen molar-refractivity contribution in [1.29, 1.82) is 0 Å². The molecule has 2 unspecified atom stereocenters. The number of benzene rings is 1. The fourth-order valence-electron chi connectivity index (χ4n) is 1.95. The highest BCUT2D eigenvalue weighted by molar-refractivity contribution is 5.97. The zero-order valence-corrected chi connectivity index (χ0v) is 12.2. The predicted octanol–water partition coefficient (Wildman–Crippen LogP) is 2.75. The van der Waals surface area contributed by atoms with E-state index in [1.54, 1.807) is 32.1 Å².